The van der Waals surface area contributed by atoms with Crippen molar-refractivity contribution in [2.24, 2.45) is 0 Å². The van der Waals surface area contributed by atoms with Crippen molar-refractivity contribution in [2.45, 2.75) is 18.2 Å². The van der Waals surface area contributed by atoms with E-state index < -0.39 is 16.0 Å². The summed E-state index contributed by atoms with van der Waals surface area (Å²) in [7, 11) is -2.48. The number of hydrogen-bond acceptors (Lipinski definition) is 6. The molecular formula is C12H15N3O4S. The van der Waals surface area contributed by atoms with E-state index in [2.05, 4.69) is 9.72 Å². The number of nitriles is 1. The summed E-state index contributed by atoms with van der Waals surface area (Å²) < 4.78 is 30.3. The van der Waals surface area contributed by atoms with Crippen molar-refractivity contribution in [1.29, 1.82) is 5.26 Å². The van der Waals surface area contributed by atoms with Gasteiger partial charge in [0.05, 0.1) is 13.5 Å². The zero-order chi connectivity index (χ0) is 15.2. The second-order valence-electron chi connectivity index (χ2n) is 3.81. The summed E-state index contributed by atoms with van der Waals surface area (Å²) >= 11 is 0. The van der Waals surface area contributed by atoms with Crippen LogP contribution < -0.4 is 0 Å². The molecule has 0 bridgehead atoms. The number of ether oxygens (including phenoxy) is 1. The summed E-state index contributed by atoms with van der Waals surface area (Å²) in [5.41, 5.74) is 0.140. The van der Waals surface area contributed by atoms with Crippen LogP contribution in [0.3, 0.4) is 0 Å². The zero-order valence-corrected chi connectivity index (χ0v) is 12.1. The number of pyridine rings is 1. The Labute approximate surface area is 117 Å². The Morgan fingerprint density at radius 3 is 2.65 bits per heavy atom. The molecule has 8 heteroatoms. The van der Waals surface area contributed by atoms with Gasteiger partial charge in [-0.3, -0.25) is 4.79 Å². The number of hydrogen-bond donors (Lipinski definition) is 0. The molecule has 0 amide bonds. The molecular weight excluding hydrogens is 282 g/mol. The van der Waals surface area contributed by atoms with Gasteiger partial charge in [-0.15, -0.1) is 0 Å². The number of esters is 1. The Morgan fingerprint density at radius 1 is 1.50 bits per heavy atom. The smallest absolute Gasteiger partial charge is 0.306 e. The predicted molar refractivity (Wildman–Crippen MR) is 70.0 cm³/mol. The molecule has 0 aliphatic rings. The van der Waals surface area contributed by atoms with Crippen LogP contribution in [0.15, 0.2) is 23.2 Å². The van der Waals surface area contributed by atoms with E-state index in [1.165, 1.54) is 19.2 Å². The molecule has 20 heavy (non-hydrogen) atoms. The minimum absolute atomic E-state index is 0.0109. The maximum atomic E-state index is 12.3. The van der Waals surface area contributed by atoms with Crippen molar-refractivity contribution in [3.8, 4) is 6.07 Å². The lowest BCUT2D eigenvalue weighted by Gasteiger charge is -2.19. The summed E-state index contributed by atoms with van der Waals surface area (Å²) in [5.74, 6) is -0.475. The van der Waals surface area contributed by atoms with Crippen LogP contribution in [0.1, 0.15) is 19.0 Å². The molecule has 0 atom stereocenters. The number of carbonyl (C=O) groups excluding carboxylic acids is 1. The van der Waals surface area contributed by atoms with Gasteiger partial charge in [-0.25, -0.2) is 13.4 Å². The molecule has 0 N–H and O–H groups in total. The number of aromatic nitrogens is 1. The number of sulfonamides is 1. The number of nitrogens with zero attached hydrogens (tertiary/aromatic N) is 3. The summed E-state index contributed by atoms with van der Waals surface area (Å²) in [5, 5.41) is 8.64. The number of methoxy groups -OCH3 is 1. The quantitative estimate of drug-likeness (QED) is 0.710. The van der Waals surface area contributed by atoms with Crippen molar-refractivity contribution in [3.63, 3.8) is 0 Å². The van der Waals surface area contributed by atoms with E-state index in [9.17, 15) is 13.2 Å². The molecule has 0 saturated carbocycles. The lowest BCUT2D eigenvalue weighted by Crippen LogP contribution is -2.33. The Morgan fingerprint density at radius 2 is 2.20 bits per heavy atom. The van der Waals surface area contributed by atoms with E-state index in [4.69, 9.17) is 5.26 Å². The molecule has 1 rings (SSSR count). The number of carbonyl (C=O) groups is 1. The third-order valence-corrected chi connectivity index (χ3v) is 4.59. The van der Waals surface area contributed by atoms with Gasteiger partial charge >= 0.3 is 5.97 Å². The van der Waals surface area contributed by atoms with Crippen LogP contribution >= 0.6 is 0 Å². The molecule has 7 nitrogen and oxygen atoms in total. The summed E-state index contributed by atoms with van der Waals surface area (Å²) in [4.78, 5) is 14.8. The van der Waals surface area contributed by atoms with E-state index >= 15 is 0 Å². The van der Waals surface area contributed by atoms with Crippen LogP contribution in [0, 0.1) is 11.3 Å². The van der Waals surface area contributed by atoms with Gasteiger partial charge in [-0.1, -0.05) is 6.92 Å². The normalized spacial score (nSPS) is 11.1. The molecule has 0 aromatic carbocycles. The molecule has 0 radical (unpaired) electrons. The predicted octanol–water partition coefficient (Wildman–Crippen LogP) is 0.527. The zero-order valence-electron chi connectivity index (χ0n) is 11.2. The van der Waals surface area contributed by atoms with Crippen molar-refractivity contribution < 1.29 is 17.9 Å². The number of rotatable bonds is 6. The van der Waals surface area contributed by atoms with Crippen molar-refractivity contribution in [2.75, 3.05) is 20.2 Å². The Kier molecular flexibility index (Phi) is 5.61. The Bertz CT molecular complexity index is 605. The van der Waals surface area contributed by atoms with Gasteiger partial charge < -0.3 is 4.74 Å². The largest absolute Gasteiger partial charge is 0.469 e. The molecule has 0 spiro atoms. The first-order valence-corrected chi connectivity index (χ1v) is 7.32. The summed E-state index contributed by atoms with van der Waals surface area (Å²) in [6.45, 7) is 1.93. The fraction of sp³-hybridized carbons (Fsp3) is 0.417. The van der Waals surface area contributed by atoms with Gasteiger partial charge in [0.25, 0.3) is 0 Å². The van der Waals surface area contributed by atoms with Crippen LogP contribution in [0.25, 0.3) is 0 Å². The van der Waals surface area contributed by atoms with Gasteiger partial charge in [-0.05, 0) is 12.1 Å². The second-order valence-corrected chi connectivity index (χ2v) is 5.75. The molecule has 1 aromatic heterocycles. The van der Waals surface area contributed by atoms with Crippen molar-refractivity contribution >= 4 is 16.0 Å². The van der Waals surface area contributed by atoms with Crippen LogP contribution in [0.5, 0.6) is 0 Å². The topological polar surface area (TPSA) is 100 Å². The maximum absolute atomic E-state index is 12.3. The molecule has 1 heterocycles. The first kappa shape index (κ1) is 16.1. The highest BCUT2D eigenvalue weighted by molar-refractivity contribution is 7.89. The molecule has 108 valence electrons. The van der Waals surface area contributed by atoms with Gasteiger partial charge in [-0.2, -0.15) is 9.57 Å². The SMILES string of the molecule is CCN(CCC(=O)OC)S(=O)(=O)c1ccc(C#N)nc1. The van der Waals surface area contributed by atoms with Crippen molar-refractivity contribution in [3.05, 3.63) is 24.0 Å². The average molecular weight is 297 g/mol. The lowest BCUT2D eigenvalue weighted by atomic mass is 10.4. The molecule has 1 aromatic rings. The maximum Gasteiger partial charge on any atom is 0.306 e. The first-order valence-electron chi connectivity index (χ1n) is 5.88. The molecule has 0 fully saturated rings. The van der Waals surface area contributed by atoms with Crippen LogP contribution in [-0.2, 0) is 19.6 Å². The monoisotopic (exact) mass is 297 g/mol. The molecule has 0 aliphatic heterocycles. The Hall–Kier alpha value is -1.98. The van der Waals surface area contributed by atoms with E-state index in [1.54, 1.807) is 6.92 Å². The molecule has 0 unspecified atom stereocenters. The third kappa shape index (κ3) is 3.76. The highest BCUT2D eigenvalue weighted by atomic mass is 32.2. The lowest BCUT2D eigenvalue weighted by molar-refractivity contribution is -0.140. The average Bonchev–Trinajstić information content (AvgIpc) is 2.47. The molecule has 0 saturated heterocycles. The first-order chi connectivity index (χ1) is 9.45. The fourth-order valence-corrected chi connectivity index (χ4v) is 2.91. The van der Waals surface area contributed by atoms with Gasteiger partial charge in [0, 0.05) is 19.3 Å². The fourth-order valence-electron chi connectivity index (χ4n) is 1.51. The van der Waals surface area contributed by atoms with Crippen LogP contribution in [0.2, 0.25) is 0 Å². The Balaban J connectivity index is 2.93. The van der Waals surface area contributed by atoms with Gasteiger partial charge in [0.2, 0.25) is 10.0 Å². The highest BCUT2D eigenvalue weighted by Crippen LogP contribution is 2.15. The van der Waals surface area contributed by atoms with E-state index in [0.29, 0.717) is 0 Å². The molecule has 0 aliphatic carbocycles. The van der Waals surface area contributed by atoms with E-state index in [0.717, 1.165) is 10.5 Å². The summed E-state index contributed by atoms with van der Waals surface area (Å²) in [6.07, 6.45) is 1.11. The second kappa shape index (κ2) is 6.98. The van der Waals surface area contributed by atoms with Crippen LogP contribution in [-0.4, -0.2) is 43.9 Å². The standard InChI is InChI=1S/C12H15N3O4S/c1-3-15(7-6-12(16)19-2)20(17,18)11-5-4-10(8-13)14-9-11/h4-5,9H,3,6-7H2,1-2H3. The van der Waals surface area contributed by atoms with Crippen molar-refractivity contribution in [1.82, 2.24) is 9.29 Å². The van der Waals surface area contributed by atoms with E-state index in [-0.39, 0.29) is 30.1 Å². The highest BCUT2D eigenvalue weighted by Gasteiger charge is 2.24. The minimum Gasteiger partial charge on any atom is -0.469 e. The minimum atomic E-state index is -3.73. The van der Waals surface area contributed by atoms with Gasteiger partial charge in [0.15, 0.2) is 0 Å². The third-order valence-electron chi connectivity index (χ3n) is 2.63. The van der Waals surface area contributed by atoms with Crippen LogP contribution in [0.4, 0.5) is 0 Å². The van der Waals surface area contributed by atoms with E-state index in [1.807, 2.05) is 6.07 Å². The van der Waals surface area contributed by atoms with Gasteiger partial charge in [0.1, 0.15) is 16.7 Å². The summed E-state index contributed by atoms with van der Waals surface area (Å²) in [6, 6.07) is 4.47.